The van der Waals surface area contributed by atoms with E-state index in [0.29, 0.717) is 25.1 Å². The summed E-state index contributed by atoms with van der Waals surface area (Å²) in [5, 5.41) is 0. The van der Waals surface area contributed by atoms with Crippen LogP contribution in [0, 0.1) is 5.82 Å². The fraction of sp³-hybridized carbons (Fsp3) is 0.533. The van der Waals surface area contributed by atoms with Crippen LogP contribution in [0.1, 0.15) is 18.4 Å². The Hall–Kier alpha value is -1.66. The lowest BCUT2D eigenvalue weighted by Crippen LogP contribution is -2.41. The summed E-state index contributed by atoms with van der Waals surface area (Å²) in [6.45, 7) is 0.881. The summed E-state index contributed by atoms with van der Waals surface area (Å²) >= 11 is 0. The van der Waals surface area contributed by atoms with Gasteiger partial charge in [-0.2, -0.15) is 0 Å². The Morgan fingerprint density at radius 1 is 1.43 bits per heavy atom. The van der Waals surface area contributed by atoms with Crippen molar-refractivity contribution in [2.24, 2.45) is 5.73 Å². The van der Waals surface area contributed by atoms with E-state index in [1.807, 2.05) is 0 Å². The van der Waals surface area contributed by atoms with E-state index < -0.39 is 11.9 Å². The highest BCUT2D eigenvalue weighted by Gasteiger charge is 2.18. The molecule has 0 saturated heterocycles. The maximum atomic E-state index is 13.6. The second-order valence-electron chi connectivity index (χ2n) is 4.90. The molecule has 21 heavy (non-hydrogen) atoms. The second kappa shape index (κ2) is 8.59. The van der Waals surface area contributed by atoms with Crippen LogP contribution in [-0.2, 0) is 16.1 Å². The lowest BCUT2D eigenvalue weighted by Gasteiger charge is -2.21. The van der Waals surface area contributed by atoms with Gasteiger partial charge in [0, 0.05) is 27.3 Å². The van der Waals surface area contributed by atoms with Gasteiger partial charge < -0.3 is 20.1 Å². The predicted octanol–water partition coefficient (Wildman–Crippen LogP) is 1.55. The van der Waals surface area contributed by atoms with Crippen molar-refractivity contribution >= 4 is 5.91 Å². The lowest BCUT2D eigenvalue weighted by atomic mass is 10.1. The van der Waals surface area contributed by atoms with Gasteiger partial charge in [-0.3, -0.25) is 4.79 Å². The Balaban J connectivity index is 2.57. The Kier molecular flexibility index (Phi) is 7.11. The number of methoxy groups -OCH3 is 2. The highest BCUT2D eigenvalue weighted by atomic mass is 19.1. The van der Waals surface area contributed by atoms with Crippen LogP contribution in [0.3, 0.4) is 0 Å². The van der Waals surface area contributed by atoms with Crippen molar-refractivity contribution < 1.29 is 18.7 Å². The molecular formula is C15H23FN2O3. The van der Waals surface area contributed by atoms with Crippen LogP contribution in [-0.4, -0.2) is 44.7 Å². The van der Waals surface area contributed by atoms with E-state index in [4.69, 9.17) is 15.2 Å². The van der Waals surface area contributed by atoms with Gasteiger partial charge in [0.25, 0.3) is 0 Å². The number of hydrogen-bond donors (Lipinski definition) is 1. The molecule has 0 aliphatic carbocycles. The SMILES string of the molecule is COCCCC(N)C(=O)N(C)Cc1ccc(OC)c(F)c1. The molecule has 1 aromatic carbocycles. The highest BCUT2D eigenvalue weighted by Crippen LogP contribution is 2.18. The molecule has 0 fully saturated rings. The van der Waals surface area contributed by atoms with Crippen LogP contribution in [0.15, 0.2) is 18.2 Å². The van der Waals surface area contributed by atoms with Crippen molar-refractivity contribution in [1.82, 2.24) is 4.90 Å². The van der Waals surface area contributed by atoms with E-state index in [-0.39, 0.29) is 11.7 Å². The van der Waals surface area contributed by atoms with Crippen molar-refractivity contribution in [3.63, 3.8) is 0 Å². The number of carbonyl (C=O) groups excluding carboxylic acids is 1. The summed E-state index contributed by atoms with van der Waals surface area (Å²) in [7, 11) is 4.67. The third-order valence-electron chi connectivity index (χ3n) is 3.19. The Labute approximate surface area is 124 Å². The summed E-state index contributed by atoms with van der Waals surface area (Å²) in [6, 6.07) is 4.07. The zero-order chi connectivity index (χ0) is 15.8. The Morgan fingerprint density at radius 2 is 2.14 bits per heavy atom. The van der Waals surface area contributed by atoms with Gasteiger partial charge in [0.2, 0.25) is 5.91 Å². The highest BCUT2D eigenvalue weighted by molar-refractivity contribution is 5.81. The molecule has 0 heterocycles. The number of likely N-dealkylation sites (N-methyl/N-ethyl adjacent to an activating group) is 1. The van der Waals surface area contributed by atoms with Gasteiger partial charge in [0.15, 0.2) is 11.6 Å². The average molecular weight is 298 g/mol. The van der Waals surface area contributed by atoms with E-state index in [1.165, 1.54) is 18.1 Å². The fourth-order valence-electron chi connectivity index (χ4n) is 2.01. The van der Waals surface area contributed by atoms with Crippen LogP contribution in [0.5, 0.6) is 5.75 Å². The minimum absolute atomic E-state index is 0.165. The molecule has 0 radical (unpaired) electrons. The monoisotopic (exact) mass is 298 g/mol. The Morgan fingerprint density at radius 3 is 2.71 bits per heavy atom. The fourth-order valence-corrected chi connectivity index (χ4v) is 2.01. The molecule has 1 atom stereocenters. The minimum Gasteiger partial charge on any atom is -0.494 e. The van der Waals surface area contributed by atoms with Crippen molar-refractivity contribution in [3.05, 3.63) is 29.6 Å². The second-order valence-corrected chi connectivity index (χ2v) is 4.90. The molecule has 6 heteroatoms. The smallest absolute Gasteiger partial charge is 0.239 e. The molecule has 1 rings (SSSR count). The van der Waals surface area contributed by atoms with E-state index in [9.17, 15) is 9.18 Å². The quantitative estimate of drug-likeness (QED) is 0.740. The topological polar surface area (TPSA) is 64.8 Å². The van der Waals surface area contributed by atoms with Crippen molar-refractivity contribution in [3.8, 4) is 5.75 Å². The first-order chi connectivity index (χ1) is 9.99. The third-order valence-corrected chi connectivity index (χ3v) is 3.19. The number of carbonyl (C=O) groups is 1. The van der Waals surface area contributed by atoms with E-state index in [1.54, 1.807) is 26.3 Å². The number of nitrogens with zero attached hydrogens (tertiary/aromatic N) is 1. The van der Waals surface area contributed by atoms with Gasteiger partial charge in [0.1, 0.15) is 0 Å². The number of hydrogen-bond acceptors (Lipinski definition) is 4. The van der Waals surface area contributed by atoms with Crippen LogP contribution in [0.4, 0.5) is 4.39 Å². The van der Waals surface area contributed by atoms with Crippen molar-refractivity contribution in [2.45, 2.75) is 25.4 Å². The number of ether oxygens (including phenoxy) is 2. The molecule has 118 valence electrons. The van der Waals surface area contributed by atoms with Crippen LogP contribution < -0.4 is 10.5 Å². The standard InChI is InChI=1S/C15H23FN2O3/c1-18(15(19)13(17)5-4-8-20-2)10-11-6-7-14(21-3)12(16)9-11/h6-7,9,13H,4-5,8,10,17H2,1-3H3. The summed E-state index contributed by atoms with van der Waals surface area (Å²) in [5.41, 5.74) is 6.54. The minimum atomic E-state index is -0.562. The molecule has 2 N–H and O–H groups in total. The predicted molar refractivity (Wildman–Crippen MR) is 78.5 cm³/mol. The number of benzene rings is 1. The molecule has 0 bridgehead atoms. The summed E-state index contributed by atoms with van der Waals surface area (Å²) in [4.78, 5) is 13.6. The first-order valence-electron chi connectivity index (χ1n) is 6.81. The number of nitrogens with two attached hydrogens (primary N) is 1. The largest absolute Gasteiger partial charge is 0.494 e. The third kappa shape index (κ3) is 5.32. The molecule has 0 aliphatic rings. The zero-order valence-corrected chi connectivity index (χ0v) is 12.8. The molecule has 0 saturated carbocycles. The van der Waals surface area contributed by atoms with Crippen molar-refractivity contribution in [1.29, 1.82) is 0 Å². The molecular weight excluding hydrogens is 275 g/mol. The summed E-state index contributed by atoms with van der Waals surface area (Å²) in [5.74, 6) is -0.424. The molecule has 1 amide bonds. The lowest BCUT2D eigenvalue weighted by molar-refractivity contribution is -0.132. The normalized spacial score (nSPS) is 12.0. The Bertz CT molecular complexity index is 468. The number of amides is 1. The molecule has 0 aliphatic heterocycles. The van der Waals surface area contributed by atoms with Crippen LogP contribution >= 0.6 is 0 Å². The number of rotatable bonds is 8. The molecule has 1 unspecified atom stereocenters. The number of halogens is 1. The molecule has 1 aromatic rings. The molecule has 5 nitrogen and oxygen atoms in total. The maximum Gasteiger partial charge on any atom is 0.239 e. The van der Waals surface area contributed by atoms with Crippen LogP contribution in [0.2, 0.25) is 0 Å². The van der Waals surface area contributed by atoms with Crippen LogP contribution in [0.25, 0.3) is 0 Å². The molecule has 0 spiro atoms. The summed E-state index contributed by atoms with van der Waals surface area (Å²) < 4.78 is 23.4. The molecule has 0 aromatic heterocycles. The average Bonchev–Trinajstić information content (AvgIpc) is 2.46. The van der Waals surface area contributed by atoms with Crippen molar-refractivity contribution in [2.75, 3.05) is 27.9 Å². The zero-order valence-electron chi connectivity index (χ0n) is 12.8. The first-order valence-corrected chi connectivity index (χ1v) is 6.81. The van der Waals surface area contributed by atoms with Gasteiger partial charge in [-0.1, -0.05) is 6.07 Å². The van der Waals surface area contributed by atoms with E-state index in [0.717, 1.165) is 6.42 Å². The van der Waals surface area contributed by atoms with E-state index >= 15 is 0 Å². The van der Waals surface area contributed by atoms with Gasteiger partial charge in [0.05, 0.1) is 13.2 Å². The summed E-state index contributed by atoms with van der Waals surface area (Å²) in [6.07, 6.45) is 1.29. The van der Waals surface area contributed by atoms with Gasteiger partial charge in [-0.15, -0.1) is 0 Å². The first kappa shape index (κ1) is 17.4. The van der Waals surface area contributed by atoms with Gasteiger partial charge in [-0.05, 0) is 30.5 Å². The van der Waals surface area contributed by atoms with E-state index in [2.05, 4.69) is 0 Å². The maximum absolute atomic E-state index is 13.6. The van der Waals surface area contributed by atoms with Gasteiger partial charge >= 0.3 is 0 Å². The van der Waals surface area contributed by atoms with Gasteiger partial charge in [-0.25, -0.2) is 4.39 Å².